The average Bonchev–Trinajstić information content (AvgIpc) is 3.01. The van der Waals surface area contributed by atoms with Crippen molar-refractivity contribution in [3.05, 3.63) is 46.5 Å². The summed E-state index contributed by atoms with van der Waals surface area (Å²) in [5, 5.41) is 10.8. The highest BCUT2D eigenvalue weighted by Gasteiger charge is 2.28. The summed E-state index contributed by atoms with van der Waals surface area (Å²) < 4.78 is 55.2. The largest absolute Gasteiger partial charge is 0.507 e. The van der Waals surface area contributed by atoms with Crippen LogP contribution in [0.3, 0.4) is 0 Å². The molecular weight excluding hydrogens is 372 g/mol. The Morgan fingerprint density at radius 3 is 1.71 bits per heavy atom. The van der Waals surface area contributed by atoms with E-state index in [4.69, 9.17) is 0 Å². The highest BCUT2D eigenvalue weighted by atomic mass is 19.2. The first-order valence-electron chi connectivity index (χ1n) is 8.83. The Bertz CT molecular complexity index is 1010. The first-order chi connectivity index (χ1) is 12.7. The van der Waals surface area contributed by atoms with Crippen molar-refractivity contribution < 1.29 is 22.7 Å². The van der Waals surface area contributed by atoms with E-state index < -0.39 is 45.1 Å². The van der Waals surface area contributed by atoms with Gasteiger partial charge in [0.15, 0.2) is 23.3 Å². The van der Waals surface area contributed by atoms with Crippen LogP contribution >= 0.6 is 0 Å². The standard InChI is InChI=1S/C21H22F4N2O/c1-20(2,3)10-7-9(8-11(18(10)28)21(4,5)6)19-26-16-14(24)12(22)13(23)15(25)17(16)27-19/h7-8,28H,1-6H3,(H,26,27). The smallest absolute Gasteiger partial charge is 0.199 e. The van der Waals surface area contributed by atoms with Crippen molar-refractivity contribution in [2.24, 2.45) is 0 Å². The number of fused-ring (bicyclic) bond motifs is 1. The summed E-state index contributed by atoms with van der Waals surface area (Å²) >= 11 is 0. The molecule has 2 N–H and O–H groups in total. The summed E-state index contributed by atoms with van der Waals surface area (Å²) in [6, 6.07) is 3.32. The maximum Gasteiger partial charge on any atom is 0.199 e. The van der Waals surface area contributed by atoms with Gasteiger partial charge in [-0.05, 0) is 23.0 Å². The van der Waals surface area contributed by atoms with Gasteiger partial charge in [-0.2, -0.15) is 0 Å². The molecule has 0 radical (unpaired) electrons. The van der Waals surface area contributed by atoms with Gasteiger partial charge in [-0.3, -0.25) is 0 Å². The van der Waals surface area contributed by atoms with Gasteiger partial charge in [0.25, 0.3) is 0 Å². The van der Waals surface area contributed by atoms with Gasteiger partial charge in [0.1, 0.15) is 22.6 Å². The molecular formula is C21H22F4N2O. The summed E-state index contributed by atoms with van der Waals surface area (Å²) in [7, 11) is 0. The number of aromatic nitrogens is 2. The number of benzene rings is 2. The topological polar surface area (TPSA) is 48.9 Å². The molecule has 0 unspecified atom stereocenters. The number of nitrogens with one attached hydrogen (secondary N) is 1. The molecule has 0 saturated heterocycles. The molecule has 0 amide bonds. The number of hydrogen-bond donors (Lipinski definition) is 2. The lowest BCUT2D eigenvalue weighted by Crippen LogP contribution is -2.17. The van der Waals surface area contributed by atoms with Crippen molar-refractivity contribution in [3.8, 4) is 17.1 Å². The number of hydrogen-bond acceptors (Lipinski definition) is 2. The van der Waals surface area contributed by atoms with E-state index in [1.54, 1.807) is 12.1 Å². The van der Waals surface area contributed by atoms with Crippen molar-refractivity contribution in [3.63, 3.8) is 0 Å². The third-order valence-electron chi connectivity index (χ3n) is 4.71. The van der Waals surface area contributed by atoms with Crippen LogP contribution in [0.4, 0.5) is 17.6 Å². The zero-order chi connectivity index (χ0) is 21.2. The molecule has 0 aliphatic carbocycles. The van der Waals surface area contributed by atoms with Crippen LogP contribution in [0, 0.1) is 23.3 Å². The Hall–Kier alpha value is -2.57. The maximum absolute atomic E-state index is 14.1. The fraction of sp³-hybridized carbons (Fsp3) is 0.381. The monoisotopic (exact) mass is 394 g/mol. The molecule has 0 spiro atoms. The highest BCUT2D eigenvalue weighted by molar-refractivity contribution is 5.81. The van der Waals surface area contributed by atoms with Crippen LogP contribution in [-0.4, -0.2) is 15.1 Å². The van der Waals surface area contributed by atoms with Crippen molar-refractivity contribution in [1.29, 1.82) is 0 Å². The van der Waals surface area contributed by atoms with Gasteiger partial charge in [0.05, 0.1) is 0 Å². The van der Waals surface area contributed by atoms with E-state index in [0.29, 0.717) is 16.7 Å². The van der Waals surface area contributed by atoms with Crippen LogP contribution in [0.2, 0.25) is 0 Å². The molecule has 3 aromatic rings. The predicted molar refractivity (Wildman–Crippen MR) is 100 cm³/mol. The SMILES string of the molecule is CC(C)(C)c1cc(-c2nc3c(F)c(F)c(F)c(F)c3[nH]2)cc(C(C)(C)C)c1O. The first-order valence-corrected chi connectivity index (χ1v) is 8.83. The Morgan fingerprint density at radius 2 is 1.25 bits per heavy atom. The Labute approximate surface area is 160 Å². The Morgan fingerprint density at radius 1 is 0.786 bits per heavy atom. The summed E-state index contributed by atoms with van der Waals surface area (Å²) in [6.45, 7) is 11.5. The molecule has 1 heterocycles. The minimum atomic E-state index is -1.90. The Kier molecular flexibility index (Phi) is 4.48. The molecule has 0 saturated carbocycles. The second kappa shape index (κ2) is 6.22. The van der Waals surface area contributed by atoms with Gasteiger partial charge in [0, 0.05) is 16.7 Å². The van der Waals surface area contributed by atoms with Crippen molar-refractivity contribution in [2.75, 3.05) is 0 Å². The number of aromatic hydroxyl groups is 1. The molecule has 3 rings (SSSR count). The summed E-state index contributed by atoms with van der Waals surface area (Å²) in [6.07, 6.45) is 0. The quantitative estimate of drug-likeness (QED) is 0.298. The van der Waals surface area contributed by atoms with Crippen LogP contribution in [0.25, 0.3) is 22.4 Å². The number of aromatic amines is 1. The van der Waals surface area contributed by atoms with Crippen LogP contribution < -0.4 is 0 Å². The van der Waals surface area contributed by atoms with Crippen LogP contribution in [0.15, 0.2) is 12.1 Å². The number of H-pyrrole nitrogens is 1. The van der Waals surface area contributed by atoms with E-state index >= 15 is 0 Å². The van der Waals surface area contributed by atoms with Gasteiger partial charge in [-0.15, -0.1) is 0 Å². The molecule has 0 bridgehead atoms. The number of rotatable bonds is 1. The normalized spacial score (nSPS) is 12.8. The highest BCUT2D eigenvalue weighted by Crippen LogP contribution is 2.42. The van der Waals surface area contributed by atoms with Crippen molar-refractivity contribution in [2.45, 2.75) is 52.4 Å². The number of halogens is 4. The molecule has 28 heavy (non-hydrogen) atoms. The van der Waals surface area contributed by atoms with Gasteiger partial charge in [0.2, 0.25) is 0 Å². The molecule has 0 fully saturated rings. The lowest BCUT2D eigenvalue weighted by Gasteiger charge is -2.28. The molecule has 3 nitrogen and oxygen atoms in total. The second-order valence-electron chi connectivity index (χ2n) is 8.98. The maximum atomic E-state index is 14.1. The fourth-order valence-corrected chi connectivity index (χ4v) is 3.15. The van der Waals surface area contributed by atoms with Crippen molar-refractivity contribution >= 4 is 11.0 Å². The first kappa shape index (κ1) is 20.2. The molecule has 150 valence electrons. The molecule has 0 atom stereocenters. The summed E-state index contributed by atoms with van der Waals surface area (Å²) in [5.41, 5.74) is -0.337. The van der Waals surface area contributed by atoms with E-state index in [2.05, 4.69) is 9.97 Å². The summed E-state index contributed by atoms with van der Waals surface area (Å²) in [5.74, 6) is -6.69. The van der Waals surface area contributed by atoms with E-state index in [1.807, 2.05) is 41.5 Å². The molecule has 0 aliphatic rings. The fourth-order valence-electron chi connectivity index (χ4n) is 3.15. The lowest BCUT2D eigenvalue weighted by molar-refractivity contribution is 0.417. The molecule has 2 aromatic carbocycles. The van der Waals surface area contributed by atoms with Gasteiger partial charge < -0.3 is 10.1 Å². The molecule has 0 aliphatic heterocycles. The molecule has 1 aromatic heterocycles. The minimum Gasteiger partial charge on any atom is -0.507 e. The number of imidazole rings is 1. The predicted octanol–water partition coefficient (Wildman–Crippen LogP) is 6.09. The van der Waals surface area contributed by atoms with Crippen molar-refractivity contribution in [1.82, 2.24) is 9.97 Å². The second-order valence-corrected chi connectivity index (χ2v) is 8.98. The van der Waals surface area contributed by atoms with E-state index in [-0.39, 0.29) is 11.6 Å². The average molecular weight is 394 g/mol. The third-order valence-corrected chi connectivity index (χ3v) is 4.71. The lowest BCUT2D eigenvalue weighted by atomic mass is 9.78. The zero-order valence-electron chi connectivity index (χ0n) is 16.6. The van der Waals surface area contributed by atoms with Gasteiger partial charge >= 0.3 is 0 Å². The number of phenols is 1. The van der Waals surface area contributed by atoms with Crippen LogP contribution in [0.5, 0.6) is 5.75 Å². The van der Waals surface area contributed by atoms with E-state index in [1.165, 1.54) is 0 Å². The Balaban J connectivity index is 2.36. The third kappa shape index (κ3) is 3.12. The number of nitrogens with zero attached hydrogens (tertiary/aromatic N) is 1. The van der Waals surface area contributed by atoms with Crippen LogP contribution in [-0.2, 0) is 10.8 Å². The van der Waals surface area contributed by atoms with Crippen LogP contribution in [0.1, 0.15) is 52.7 Å². The van der Waals surface area contributed by atoms with E-state index in [0.717, 1.165) is 0 Å². The zero-order valence-corrected chi connectivity index (χ0v) is 16.6. The van der Waals surface area contributed by atoms with Gasteiger partial charge in [-0.1, -0.05) is 41.5 Å². The minimum absolute atomic E-state index is 0.0498. The summed E-state index contributed by atoms with van der Waals surface area (Å²) in [4.78, 5) is 6.51. The number of phenolic OH excluding ortho intramolecular Hbond substituents is 1. The molecule has 7 heteroatoms. The van der Waals surface area contributed by atoms with Gasteiger partial charge in [-0.25, -0.2) is 22.5 Å². The van der Waals surface area contributed by atoms with E-state index in [9.17, 15) is 22.7 Å².